The average molecular weight is 689 g/mol. The molecule has 1 aliphatic heterocycles. The van der Waals surface area contributed by atoms with Crippen LogP contribution in [0.4, 0.5) is 0 Å². The molecule has 0 bridgehead atoms. The highest BCUT2D eigenvalue weighted by molar-refractivity contribution is 5.69. The molecule has 9 nitrogen and oxygen atoms in total. The van der Waals surface area contributed by atoms with E-state index >= 15 is 0 Å². The molecule has 0 aromatic heterocycles. The third-order valence-corrected chi connectivity index (χ3v) is 9.52. The maximum atomic E-state index is 12.6. The van der Waals surface area contributed by atoms with E-state index in [1.54, 1.807) is 0 Å². The van der Waals surface area contributed by atoms with E-state index in [4.69, 9.17) is 18.9 Å². The molecule has 4 N–H and O–H groups in total. The minimum atomic E-state index is -1.53. The molecule has 48 heavy (non-hydrogen) atoms. The van der Waals surface area contributed by atoms with Crippen molar-refractivity contribution in [3.05, 3.63) is 0 Å². The van der Waals surface area contributed by atoms with Gasteiger partial charge in [-0.05, 0) is 12.8 Å². The van der Waals surface area contributed by atoms with Crippen molar-refractivity contribution in [3.8, 4) is 0 Å². The van der Waals surface area contributed by atoms with Gasteiger partial charge in [-0.25, -0.2) is 0 Å². The van der Waals surface area contributed by atoms with Gasteiger partial charge in [0.15, 0.2) is 6.29 Å². The molecule has 1 fully saturated rings. The van der Waals surface area contributed by atoms with E-state index in [0.29, 0.717) is 13.0 Å². The largest absolute Gasteiger partial charge is 0.457 e. The molecule has 1 rings (SSSR count). The normalized spacial score (nSPS) is 21.8. The highest BCUT2D eigenvalue weighted by Crippen LogP contribution is 2.22. The number of esters is 1. The molecule has 9 heteroatoms. The summed E-state index contributed by atoms with van der Waals surface area (Å²) in [5, 5.41) is 39.9. The van der Waals surface area contributed by atoms with Crippen LogP contribution in [0.2, 0.25) is 0 Å². The number of aliphatic hydroxyl groups is 4. The van der Waals surface area contributed by atoms with E-state index in [1.807, 2.05) is 0 Å². The van der Waals surface area contributed by atoms with Gasteiger partial charge < -0.3 is 39.4 Å². The van der Waals surface area contributed by atoms with E-state index in [-0.39, 0.29) is 19.2 Å². The molecular weight excluding hydrogens is 612 g/mol. The highest BCUT2D eigenvalue weighted by Gasteiger charge is 2.44. The average Bonchev–Trinajstić information content (AvgIpc) is 3.08. The number of carbonyl (C=O) groups excluding carboxylic acids is 1. The SMILES string of the molecule is CCCCCCCCCCCCCCCCCCCOCC(COC1OC(CO)C(O)C(O)C1O)OC(=O)CCCCCCCCCC. The quantitative estimate of drug-likeness (QED) is 0.0393. The van der Waals surface area contributed by atoms with Gasteiger partial charge in [-0.3, -0.25) is 4.79 Å². The predicted molar refractivity (Wildman–Crippen MR) is 192 cm³/mol. The second-order valence-corrected chi connectivity index (χ2v) is 14.1. The molecule has 0 aliphatic carbocycles. The molecule has 1 saturated heterocycles. The Morgan fingerprint density at radius 3 is 1.48 bits per heavy atom. The summed E-state index contributed by atoms with van der Waals surface area (Å²) in [6.45, 7) is 4.55. The first-order valence-corrected chi connectivity index (χ1v) is 20.1. The molecule has 6 atom stereocenters. The van der Waals surface area contributed by atoms with Gasteiger partial charge in [-0.2, -0.15) is 0 Å². The topological polar surface area (TPSA) is 135 Å². The van der Waals surface area contributed by atoms with Gasteiger partial charge in [0, 0.05) is 13.0 Å². The Bertz CT molecular complexity index is 707. The van der Waals surface area contributed by atoms with Crippen LogP contribution in [0.5, 0.6) is 0 Å². The summed E-state index contributed by atoms with van der Waals surface area (Å²) in [5.74, 6) is -0.315. The standard InChI is InChI=1S/C39H76O9/c1-3-5-7-9-11-13-14-15-16-17-18-19-20-21-23-25-27-29-45-31-33(47-35(41)28-26-24-22-12-10-8-6-4-2)32-46-39-38(44)37(43)36(42)34(30-40)48-39/h33-34,36-40,42-44H,3-32H2,1-2H3. The van der Waals surface area contributed by atoms with Crippen LogP contribution in [0.1, 0.15) is 181 Å². The van der Waals surface area contributed by atoms with Crippen LogP contribution >= 0.6 is 0 Å². The first-order valence-electron chi connectivity index (χ1n) is 20.1. The van der Waals surface area contributed by atoms with E-state index in [0.717, 1.165) is 32.1 Å². The fourth-order valence-electron chi connectivity index (χ4n) is 6.32. The molecule has 286 valence electrons. The van der Waals surface area contributed by atoms with E-state index in [2.05, 4.69) is 13.8 Å². The van der Waals surface area contributed by atoms with Crippen molar-refractivity contribution in [1.82, 2.24) is 0 Å². The van der Waals surface area contributed by atoms with Crippen LogP contribution < -0.4 is 0 Å². The fourth-order valence-corrected chi connectivity index (χ4v) is 6.32. The lowest BCUT2D eigenvalue weighted by Gasteiger charge is -2.39. The Balaban J connectivity index is 2.24. The van der Waals surface area contributed by atoms with Crippen LogP contribution in [-0.2, 0) is 23.7 Å². The maximum absolute atomic E-state index is 12.6. The molecule has 0 spiro atoms. The van der Waals surface area contributed by atoms with Crippen molar-refractivity contribution in [3.63, 3.8) is 0 Å². The number of unbranched alkanes of at least 4 members (excludes halogenated alkanes) is 23. The summed E-state index contributed by atoms with van der Waals surface area (Å²) in [4.78, 5) is 12.6. The van der Waals surface area contributed by atoms with Gasteiger partial charge in [0.2, 0.25) is 0 Å². The van der Waals surface area contributed by atoms with Gasteiger partial charge in [0.05, 0.1) is 19.8 Å². The van der Waals surface area contributed by atoms with Crippen LogP contribution in [0.15, 0.2) is 0 Å². The lowest BCUT2D eigenvalue weighted by molar-refractivity contribution is -0.305. The zero-order chi connectivity index (χ0) is 35.1. The van der Waals surface area contributed by atoms with Gasteiger partial charge in [0.1, 0.15) is 30.5 Å². The summed E-state index contributed by atoms with van der Waals surface area (Å²) < 4.78 is 22.7. The summed E-state index contributed by atoms with van der Waals surface area (Å²) in [7, 11) is 0. The summed E-state index contributed by atoms with van der Waals surface area (Å²) >= 11 is 0. The van der Waals surface area contributed by atoms with Crippen LogP contribution in [0, 0.1) is 0 Å². The Labute approximate surface area is 293 Å². The Morgan fingerprint density at radius 1 is 0.583 bits per heavy atom. The van der Waals surface area contributed by atoms with Crippen molar-refractivity contribution < 1.29 is 44.2 Å². The number of aliphatic hydroxyl groups excluding tert-OH is 4. The Morgan fingerprint density at radius 2 is 1.02 bits per heavy atom. The molecule has 0 radical (unpaired) electrons. The van der Waals surface area contributed by atoms with Gasteiger partial charge in [0.25, 0.3) is 0 Å². The molecular formula is C39H76O9. The van der Waals surface area contributed by atoms with Crippen molar-refractivity contribution in [2.24, 2.45) is 0 Å². The summed E-state index contributed by atoms with van der Waals surface area (Å²) in [6, 6.07) is 0. The van der Waals surface area contributed by atoms with E-state index < -0.39 is 43.4 Å². The van der Waals surface area contributed by atoms with E-state index in [1.165, 1.54) is 128 Å². The third-order valence-electron chi connectivity index (χ3n) is 9.52. The second-order valence-electron chi connectivity index (χ2n) is 14.1. The minimum absolute atomic E-state index is 0.106. The third kappa shape index (κ3) is 23.6. The lowest BCUT2D eigenvalue weighted by Crippen LogP contribution is -2.59. The number of ether oxygens (including phenoxy) is 4. The molecule has 1 heterocycles. The van der Waals surface area contributed by atoms with E-state index in [9.17, 15) is 25.2 Å². The van der Waals surface area contributed by atoms with Gasteiger partial charge in [-0.15, -0.1) is 0 Å². The predicted octanol–water partition coefficient (Wildman–Crippen LogP) is 7.91. The molecule has 0 saturated carbocycles. The van der Waals surface area contributed by atoms with Crippen LogP contribution in [0.25, 0.3) is 0 Å². The molecule has 0 aromatic rings. The lowest BCUT2D eigenvalue weighted by atomic mass is 9.99. The van der Waals surface area contributed by atoms with Crippen molar-refractivity contribution in [2.75, 3.05) is 26.4 Å². The van der Waals surface area contributed by atoms with Gasteiger partial charge >= 0.3 is 5.97 Å². The fraction of sp³-hybridized carbons (Fsp3) is 0.974. The van der Waals surface area contributed by atoms with Crippen LogP contribution in [-0.4, -0.2) is 89.6 Å². The zero-order valence-corrected chi connectivity index (χ0v) is 31.0. The molecule has 0 aromatic carbocycles. The summed E-state index contributed by atoms with van der Waals surface area (Å²) in [5.41, 5.74) is 0. The first kappa shape index (κ1) is 45.2. The summed E-state index contributed by atoms with van der Waals surface area (Å²) in [6.07, 6.45) is 24.3. The Kier molecular flexibility index (Phi) is 30.3. The van der Waals surface area contributed by atoms with Crippen molar-refractivity contribution >= 4 is 5.97 Å². The number of carbonyl (C=O) groups is 1. The smallest absolute Gasteiger partial charge is 0.306 e. The highest BCUT2D eigenvalue weighted by atomic mass is 16.7. The maximum Gasteiger partial charge on any atom is 0.306 e. The van der Waals surface area contributed by atoms with Crippen LogP contribution in [0.3, 0.4) is 0 Å². The number of rotatable bonds is 34. The zero-order valence-electron chi connectivity index (χ0n) is 31.0. The number of hydrogen-bond acceptors (Lipinski definition) is 9. The number of hydrogen-bond donors (Lipinski definition) is 4. The first-order chi connectivity index (χ1) is 23.4. The molecule has 1 aliphatic rings. The minimum Gasteiger partial charge on any atom is -0.457 e. The molecule has 6 unspecified atom stereocenters. The second kappa shape index (κ2) is 32.1. The van der Waals surface area contributed by atoms with Crippen molar-refractivity contribution in [1.29, 1.82) is 0 Å². The van der Waals surface area contributed by atoms with Gasteiger partial charge in [-0.1, -0.05) is 162 Å². The molecule has 0 amide bonds. The monoisotopic (exact) mass is 689 g/mol. The van der Waals surface area contributed by atoms with Crippen molar-refractivity contribution in [2.45, 2.75) is 218 Å². The Hall–Kier alpha value is -0.810.